The Hall–Kier alpha value is -0.0400. The Balaban J connectivity index is 0.00000242. The van der Waals surface area contributed by atoms with Crippen molar-refractivity contribution in [2.75, 3.05) is 39.8 Å². The molecule has 0 aromatic rings. The highest BCUT2D eigenvalue weighted by molar-refractivity contribution is 14.0. The van der Waals surface area contributed by atoms with E-state index in [0.717, 1.165) is 37.4 Å². The van der Waals surface area contributed by atoms with E-state index in [1.807, 2.05) is 7.05 Å². The number of likely N-dealkylation sites (tertiary alicyclic amines) is 2. The lowest BCUT2D eigenvalue weighted by Crippen LogP contribution is -2.57. The molecule has 0 bridgehead atoms. The van der Waals surface area contributed by atoms with E-state index in [1.165, 1.54) is 32.4 Å². The van der Waals surface area contributed by atoms with Crippen molar-refractivity contribution in [2.45, 2.75) is 52.5 Å². The predicted octanol–water partition coefficient (Wildman–Crippen LogP) is 3.03. The number of aliphatic imine (C=N–C) groups is 1. The average molecular weight is 422 g/mol. The summed E-state index contributed by atoms with van der Waals surface area (Å²) in [6, 6.07) is 0. The molecule has 1 N–H and O–H groups in total. The van der Waals surface area contributed by atoms with Gasteiger partial charge in [-0.3, -0.25) is 9.89 Å². The first kappa shape index (κ1) is 20.0. The maximum Gasteiger partial charge on any atom is 0.193 e. The molecule has 2 aliphatic rings. The van der Waals surface area contributed by atoms with E-state index in [0.29, 0.717) is 0 Å². The second kappa shape index (κ2) is 8.71. The Labute approximate surface area is 154 Å². The highest BCUT2D eigenvalue weighted by Gasteiger charge is 2.33. The van der Waals surface area contributed by atoms with E-state index < -0.39 is 0 Å². The highest BCUT2D eigenvalue weighted by atomic mass is 127. The van der Waals surface area contributed by atoms with Crippen LogP contribution >= 0.6 is 24.0 Å². The first-order chi connectivity index (χ1) is 9.92. The molecule has 0 aromatic carbocycles. The van der Waals surface area contributed by atoms with Gasteiger partial charge in [0.05, 0.1) is 0 Å². The lowest BCUT2D eigenvalue weighted by atomic mass is 9.88. The van der Waals surface area contributed by atoms with Crippen molar-refractivity contribution in [3.63, 3.8) is 0 Å². The third kappa shape index (κ3) is 5.25. The zero-order valence-corrected chi connectivity index (χ0v) is 17.4. The summed E-state index contributed by atoms with van der Waals surface area (Å²) in [6.45, 7) is 15.2. The largest absolute Gasteiger partial charge is 0.354 e. The van der Waals surface area contributed by atoms with Gasteiger partial charge in [0.1, 0.15) is 0 Å². The molecule has 2 atom stereocenters. The molecule has 0 aliphatic carbocycles. The zero-order chi connectivity index (χ0) is 15.5. The number of nitrogens with one attached hydrogen (secondary N) is 1. The molecule has 130 valence electrons. The summed E-state index contributed by atoms with van der Waals surface area (Å²) in [6.07, 6.45) is 3.96. The molecule has 2 saturated heterocycles. The Bertz CT molecular complexity index is 354. The van der Waals surface area contributed by atoms with Gasteiger partial charge in [-0.15, -0.1) is 24.0 Å². The van der Waals surface area contributed by atoms with Gasteiger partial charge < -0.3 is 10.2 Å². The molecular weight excluding hydrogens is 387 g/mol. The fourth-order valence-electron chi connectivity index (χ4n) is 3.83. The normalized spacial score (nSPS) is 27.7. The number of hydrogen-bond donors (Lipinski definition) is 1. The molecule has 2 fully saturated rings. The Morgan fingerprint density at radius 3 is 2.18 bits per heavy atom. The van der Waals surface area contributed by atoms with E-state index in [-0.39, 0.29) is 29.5 Å². The monoisotopic (exact) mass is 422 g/mol. The summed E-state index contributed by atoms with van der Waals surface area (Å²) < 4.78 is 0. The van der Waals surface area contributed by atoms with Crippen LogP contribution in [-0.4, -0.2) is 61.1 Å². The van der Waals surface area contributed by atoms with E-state index in [1.54, 1.807) is 0 Å². The molecule has 0 radical (unpaired) electrons. The summed E-state index contributed by atoms with van der Waals surface area (Å²) in [4.78, 5) is 9.51. The maximum atomic E-state index is 4.46. The lowest BCUT2D eigenvalue weighted by molar-refractivity contribution is 0.0480. The van der Waals surface area contributed by atoms with Crippen LogP contribution in [0.3, 0.4) is 0 Å². The summed E-state index contributed by atoms with van der Waals surface area (Å²) in [5.41, 5.74) is 0.179. The molecule has 2 rings (SSSR count). The van der Waals surface area contributed by atoms with Crippen molar-refractivity contribution in [1.29, 1.82) is 0 Å². The van der Waals surface area contributed by atoms with Crippen LogP contribution in [-0.2, 0) is 0 Å². The minimum absolute atomic E-state index is 0. The second-order valence-electron chi connectivity index (χ2n) is 7.76. The topological polar surface area (TPSA) is 30.9 Å². The number of nitrogens with zero attached hydrogens (tertiary/aromatic N) is 3. The minimum atomic E-state index is 0. The molecule has 0 amide bonds. The van der Waals surface area contributed by atoms with Crippen molar-refractivity contribution in [3.05, 3.63) is 0 Å². The molecule has 2 unspecified atom stereocenters. The predicted molar refractivity (Wildman–Crippen MR) is 106 cm³/mol. The standard InChI is InChI=1S/C17H34N4.HI/c1-14-10-15(2)12-21(11-14)17(3,4)13-19-16(18-5)20-8-6-7-9-20;/h14-15H,6-13H2,1-5H3,(H,18,19);1H. The molecule has 5 heteroatoms. The summed E-state index contributed by atoms with van der Waals surface area (Å²) in [7, 11) is 1.90. The van der Waals surface area contributed by atoms with Gasteiger partial charge in [0.15, 0.2) is 5.96 Å². The fraction of sp³-hybridized carbons (Fsp3) is 0.941. The first-order valence-corrected chi connectivity index (χ1v) is 8.63. The third-order valence-corrected chi connectivity index (χ3v) is 5.02. The summed E-state index contributed by atoms with van der Waals surface area (Å²) >= 11 is 0. The average Bonchev–Trinajstić information content (AvgIpc) is 2.92. The van der Waals surface area contributed by atoms with Gasteiger partial charge >= 0.3 is 0 Å². The maximum absolute atomic E-state index is 4.46. The number of halogens is 1. The summed E-state index contributed by atoms with van der Waals surface area (Å²) in [5, 5.41) is 3.61. The quantitative estimate of drug-likeness (QED) is 0.431. The molecule has 0 aromatic heterocycles. The van der Waals surface area contributed by atoms with Gasteiger partial charge in [-0.25, -0.2) is 0 Å². The van der Waals surface area contributed by atoms with E-state index in [2.05, 4.69) is 47.8 Å². The van der Waals surface area contributed by atoms with Gasteiger partial charge in [-0.1, -0.05) is 13.8 Å². The molecule has 0 saturated carbocycles. The zero-order valence-electron chi connectivity index (χ0n) is 15.1. The Morgan fingerprint density at radius 1 is 1.14 bits per heavy atom. The van der Waals surface area contributed by atoms with Crippen LogP contribution < -0.4 is 5.32 Å². The first-order valence-electron chi connectivity index (χ1n) is 8.63. The summed E-state index contributed by atoms with van der Waals surface area (Å²) in [5.74, 6) is 2.70. The van der Waals surface area contributed by atoms with Crippen LogP contribution in [0.1, 0.15) is 47.0 Å². The number of hydrogen-bond acceptors (Lipinski definition) is 2. The van der Waals surface area contributed by atoms with Crippen LogP contribution in [0.2, 0.25) is 0 Å². The van der Waals surface area contributed by atoms with Gasteiger partial charge in [0.25, 0.3) is 0 Å². The third-order valence-electron chi connectivity index (χ3n) is 5.02. The SMILES string of the molecule is CN=C(NCC(C)(C)N1CC(C)CC(C)C1)N1CCCC1.I. The van der Waals surface area contributed by atoms with E-state index in [9.17, 15) is 0 Å². The fourth-order valence-corrected chi connectivity index (χ4v) is 3.83. The van der Waals surface area contributed by atoms with E-state index in [4.69, 9.17) is 0 Å². The molecule has 2 aliphatic heterocycles. The van der Waals surface area contributed by atoms with Gasteiger partial charge in [-0.05, 0) is 44.9 Å². The Morgan fingerprint density at radius 2 is 1.68 bits per heavy atom. The van der Waals surface area contributed by atoms with Crippen molar-refractivity contribution in [3.8, 4) is 0 Å². The van der Waals surface area contributed by atoms with Gasteiger partial charge in [0.2, 0.25) is 0 Å². The Kier molecular flexibility index (Phi) is 7.92. The van der Waals surface area contributed by atoms with Crippen molar-refractivity contribution < 1.29 is 0 Å². The highest BCUT2D eigenvalue weighted by Crippen LogP contribution is 2.26. The molecule has 0 spiro atoms. The van der Waals surface area contributed by atoms with Crippen LogP contribution in [0.15, 0.2) is 4.99 Å². The second-order valence-corrected chi connectivity index (χ2v) is 7.76. The van der Waals surface area contributed by atoms with Gasteiger partial charge in [-0.2, -0.15) is 0 Å². The molecular formula is C17H35IN4. The van der Waals surface area contributed by atoms with Crippen LogP contribution in [0.5, 0.6) is 0 Å². The minimum Gasteiger partial charge on any atom is -0.354 e. The number of piperidine rings is 1. The lowest BCUT2D eigenvalue weighted by Gasteiger charge is -2.45. The van der Waals surface area contributed by atoms with E-state index >= 15 is 0 Å². The van der Waals surface area contributed by atoms with Crippen molar-refractivity contribution >= 4 is 29.9 Å². The molecule has 4 nitrogen and oxygen atoms in total. The van der Waals surface area contributed by atoms with Gasteiger partial charge in [0, 0.05) is 45.3 Å². The molecule has 2 heterocycles. The van der Waals surface area contributed by atoms with Crippen molar-refractivity contribution in [1.82, 2.24) is 15.1 Å². The number of rotatable bonds is 3. The molecule has 22 heavy (non-hydrogen) atoms. The van der Waals surface area contributed by atoms with Crippen LogP contribution in [0.25, 0.3) is 0 Å². The van der Waals surface area contributed by atoms with Crippen molar-refractivity contribution in [2.24, 2.45) is 16.8 Å². The smallest absolute Gasteiger partial charge is 0.193 e. The number of guanidine groups is 1. The van der Waals surface area contributed by atoms with Crippen LogP contribution in [0, 0.1) is 11.8 Å². The van der Waals surface area contributed by atoms with Crippen LogP contribution in [0.4, 0.5) is 0 Å².